The Labute approximate surface area is 200 Å². The van der Waals surface area contributed by atoms with Crippen LogP contribution in [0.1, 0.15) is 93.7 Å². The summed E-state index contributed by atoms with van der Waals surface area (Å²) in [6.07, 6.45) is 0.736. The lowest BCUT2D eigenvalue weighted by molar-refractivity contribution is -0.190. The zero-order chi connectivity index (χ0) is 25.5. The molecule has 2 aromatic carbocycles. The second-order valence-electron chi connectivity index (χ2n) is 10.3. The van der Waals surface area contributed by atoms with Crippen LogP contribution in [0.25, 0.3) is 0 Å². The van der Waals surface area contributed by atoms with E-state index in [2.05, 4.69) is 11.7 Å². The molecular formula is C27H29F7O. The molecular weight excluding hydrogens is 473 g/mol. The van der Waals surface area contributed by atoms with E-state index >= 15 is 0 Å². The van der Waals surface area contributed by atoms with Crippen LogP contribution >= 0.6 is 0 Å². The molecule has 0 N–H and O–H groups in total. The lowest BCUT2D eigenvalue weighted by Gasteiger charge is -2.28. The van der Waals surface area contributed by atoms with Crippen molar-refractivity contribution in [3.05, 3.63) is 64.0 Å². The van der Waals surface area contributed by atoms with Crippen molar-refractivity contribution < 1.29 is 35.5 Å². The number of hydrogen-bond acceptors (Lipinski definition) is 1. The van der Waals surface area contributed by atoms with Crippen molar-refractivity contribution in [2.24, 2.45) is 11.8 Å². The highest BCUT2D eigenvalue weighted by Gasteiger charge is 2.42. The maximum atomic E-state index is 14.8. The maximum absolute atomic E-state index is 14.8. The lowest BCUT2D eigenvalue weighted by Crippen LogP contribution is -2.26. The van der Waals surface area contributed by atoms with Gasteiger partial charge in [0, 0.05) is 0 Å². The highest BCUT2D eigenvalue weighted by atomic mass is 19.3. The van der Waals surface area contributed by atoms with Gasteiger partial charge in [-0.2, -0.15) is 13.2 Å². The van der Waals surface area contributed by atoms with E-state index in [1.165, 1.54) is 0 Å². The molecule has 0 heterocycles. The van der Waals surface area contributed by atoms with E-state index < -0.39 is 52.4 Å². The molecule has 0 atom stereocenters. The molecule has 1 nitrogen and oxygen atoms in total. The number of rotatable bonds is 5. The third-order valence-corrected chi connectivity index (χ3v) is 7.71. The molecule has 2 aromatic rings. The van der Waals surface area contributed by atoms with Gasteiger partial charge in [-0.1, -0.05) is 45.6 Å². The van der Waals surface area contributed by atoms with Gasteiger partial charge in [0.25, 0.3) is 0 Å². The predicted molar refractivity (Wildman–Crippen MR) is 118 cm³/mol. The van der Waals surface area contributed by atoms with Gasteiger partial charge in [-0.15, -0.1) is 0 Å². The molecule has 2 saturated carbocycles. The van der Waals surface area contributed by atoms with E-state index in [0.29, 0.717) is 49.7 Å². The average molecular weight is 503 g/mol. The Balaban J connectivity index is 1.60. The topological polar surface area (TPSA) is 9.23 Å². The summed E-state index contributed by atoms with van der Waals surface area (Å²) in [6, 6.07) is 2.39. The van der Waals surface area contributed by atoms with Crippen LogP contribution in [0.15, 0.2) is 18.2 Å². The quantitative estimate of drug-likeness (QED) is 0.293. The minimum absolute atomic E-state index is 0.0106. The summed E-state index contributed by atoms with van der Waals surface area (Å²) in [7, 11) is 0. The first-order valence-corrected chi connectivity index (χ1v) is 12.2. The predicted octanol–water partition coefficient (Wildman–Crippen LogP) is 9.10. The van der Waals surface area contributed by atoms with Crippen molar-refractivity contribution in [1.29, 1.82) is 0 Å². The Morgan fingerprint density at radius 3 is 1.69 bits per heavy atom. The van der Waals surface area contributed by atoms with Crippen LogP contribution in [0, 0.1) is 40.9 Å². The van der Waals surface area contributed by atoms with Crippen molar-refractivity contribution in [3.8, 4) is 5.75 Å². The molecule has 2 aliphatic carbocycles. The molecule has 192 valence electrons. The van der Waals surface area contributed by atoms with Crippen LogP contribution in [-0.2, 0) is 6.11 Å². The monoisotopic (exact) mass is 502 g/mol. The molecule has 2 fully saturated rings. The van der Waals surface area contributed by atoms with Crippen molar-refractivity contribution in [2.75, 3.05) is 0 Å². The zero-order valence-corrected chi connectivity index (χ0v) is 19.8. The molecule has 0 bridgehead atoms. The fourth-order valence-corrected chi connectivity index (χ4v) is 5.42. The average Bonchev–Trinajstić information content (AvgIpc) is 2.82. The molecule has 4 rings (SSSR count). The summed E-state index contributed by atoms with van der Waals surface area (Å²) >= 11 is 0. The van der Waals surface area contributed by atoms with Crippen LogP contribution in [0.3, 0.4) is 0 Å². The Kier molecular flexibility index (Phi) is 7.39. The highest BCUT2D eigenvalue weighted by molar-refractivity contribution is 5.37. The SMILES string of the molecule is CC1CCC(c2ccc(C(F)(F)Oc3c(F)cc(C4CCC(C)CC4)c(F)c3F)c(F)c2F)CC1. The van der Waals surface area contributed by atoms with Gasteiger partial charge >= 0.3 is 6.11 Å². The number of benzene rings is 2. The number of ether oxygens (including phenoxy) is 1. The minimum atomic E-state index is -4.64. The van der Waals surface area contributed by atoms with Gasteiger partial charge in [0.15, 0.2) is 23.3 Å². The summed E-state index contributed by atoms with van der Waals surface area (Å²) in [5, 5.41) is 0. The minimum Gasteiger partial charge on any atom is -0.422 e. The molecule has 2 aliphatic rings. The van der Waals surface area contributed by atoms with E-state index in [0.717, 1.165) is 31.7 Å². The Morgan fingerprint density at radius 1 is 0.657 bits per heavy atom. The third-order valence-electron chi connectivity index (χ3n) is 7.71. The van der Waals surface area contributed by atoms with Gasteiger partial charge in [0.2, 0.25) is 11.6 Å². The molecule has 0 aliphatic heterocycles. The first-order valence-electron chi connectivity index (χ1n) is 12.2. The zero-order valence-electron chi connectivity index (χ0n) is 19.8. The molecule has 0 unspecified atom stereocenters. The maximum Gasteiger partial charge on any atom is 0.429 e. The highest BCUT2D eigenvalue weighted by Crippen LogP contribution is 2.43. The lowest BCUT2D eigenvalue weighted by atomic mass is 9.79. The van der Waals surface area contributed by atoms with Crippen molar-refractivity contribution in [2.45, 2.75) is 83.2 Å². The van der Waals surface area contributed by atoms with Gasteiger partial charge in [-0.3, -0.25) is 0 Å². The first-order chi connectivity index (χ1) is 16.5. The summed E-state index contributed by atoms with van der Waals surface area (Å²) in [6.45, 7) is 4.08. The van der Waals surface area contributed by atoms with E-state index in [1.807, 2.05) is 6.92 Å². The first kappa shape index (κ1) is 25.8. The van der Waals surface area contributed by atoms with Crippen LogP contribution in [-0.4, -0.2) is 0 Å². The van der Waals surface area contributed by atoms with Crippen LogP contribution in [0.2, 0.25) is 0 Å². The molecule has 0 amide bonds. The number of hydrogen-bond donors (Lipinski definition) is 0. The van der Waals surface area contributed by atoms with Crippen LogP contribution in [0.5, 0.6) is 5.75 Å². The number of alkyl halides is 2. The van der Waals surface area contributed by atoms with Gasteiger partial charge < -0.3 is 4.74 Å². The number of halogens is 7. The van der Waals surface area contributed by atoms with Crippen molar-refractivity contribution in [3.63, 3.8) is 0 Å². The molecule has 35 heavy (non-hydrogen) atoms. The van der Waals surface area contributed by atoms with Crippen molar-refractivity contribution in [1.82, 2.24) is 0 Å². The largest absolute Gasteiger partial charge is 0.429 e. The summed E-state index contributed by atoms with van der Waals surface area (Å²) in [5.74, 6) is -9.72. The smallest absolute Gasteiger partial charge is 0.422 e. The summed E-state index contributed by atoms with van der Waals surface area (Å²) in [5.41, 5.74) is -1.75. The molecule has 0 aromatic heterocycles. The van der Waals surface area contributed by atoms with E-state index in [4.69, 9.17) is 0 Å². The van der Waals surface area contributed by atoms with E-state index in [-0.39, 0.29) is 17.0 Å². The van der Waals surface area contributed by atoms with Gasteiger partial charge in [-0.25, -0.2) is 17.6 Å². The second kappa shape index (κ2) is 10.0. The molecule has 8 heteroatoms. The normalized spacial score (nSPS) is 25.5. The van der Waals surface area contributed by atoms with Crippen LogP contribution in [0.4, 0.5) is 30.7 Å². The summed E-state index contributed by atoms with van der Waals surface area (Å²) in [4.78, 5) is 0. The second-order valence-corrected chi connectivity index (χ2v) is 10.3. The summed E-state index contributed by atoms with van der Waals surface area (Å²) < 4.78 is 107. The van der Waals surface area contributed by atoms with Crippen molar-refractivity contribution >= 4 is 0 Å². The van der Waals surface area contributed by atoms with Gasteiger partial charge in [-0.05, 0) is 72.6 Å². The fourth-order valence-electron chi connectivity index (χ4n) is 5.42. The third kappa shape index (κ3) is 5.17. The Morgan fingerprint density at radius 2 is 1.14 bits per heavy atom. The molecule has 0 radical (unpaired) electrons. The fraction of sp³-hybridized carbons (Fsp3) is 0.556. The van der Waals surface area contributed by atoms with Gasteiger partial charge in [0.1, 0.15) is 5.56 Å². The molecule has 0 spiro atoms. The standard InChI is InChI=1S/C27H29F7O/c1-14-3-7-16(8-4-14)18-11-12-20(24(31)22(18)29)27(33,34)35-26-21(28)13-19(23(30)25(26)32)17-9-5-15(2)6-10-17/h11-17H,3-10H2,1-2H3. The Hall–Kier alpha value is -2.25. The van der Waals surface area contributed by atoms with E-state index in [9.17, 15) is 30.7 Å². The Bertz CT molecular complexity index is 1070. The van der Waals surface area contributed by atoms with Gasteiger partial charge in [0.05, 0.1) is 0 Å². The van der Waals surface area contributed by atoms with Crippen LogP contribution < -0.4 is 4.74 Å². The molecule has 0 saturated heterocycles. The van der Waals surface area contributed by atoms with E-state index in [1.54, 1.807) is 0 Å².